The summed E-state index contributed by atoms with van der Waals surface area (Å²) in [6.45, 7) is 0.893. The average molecular weight is 304 g/mol. The molecule has 1 atom stereocenters. The van der Waals surface area contributed by atoms with Crippen molar-refractivity contribution in [1.29, 1.82) is 0 Å². The molecule has 1 aromatic rings. The Morgan fingerprint density at radius 2 is 2.00 bits per heavy atom. The smallest absolute Gasteiger partial charge is 0.259 e. The highest BCUT2D eigenvalue weighted by Crippen LogP contribution is 2.30. The van der Waals surface area contributed by atoms with Crippen LogP contribution in [0.2, 0.25) is 0 Å². The van der Waals surface area contributed by atoms with Crippen LogP contribution in [0.15, 0.2) is 30.3 Å². The maximum atomic E-state index is 15.0. The van der Waals surface area contributed by atoms with Crippen molar-refractivity contribution in [3.63, 3.8) is 0 Å². The van der Waals surface area contributed by atoms with Crippen LogP contribution in [0.5, 0.6) is 0 Å². The topological polar surface area (TPSA) is 49.4 Å². The zero-order chi connectivity index (χ0) is 15.6. The van der Waals surface area contributed by atoms with Crippen molar-refractivity contribution in [3.05, 3.63) is 35.9 Å². The molecule has 1 heterocycles. The molecule has 118 valence electrons. The number of carbonyl (C=O) groups excluding carboxylic acids is 2. The second kappa shape index (κ2) is 6.07. The fourth-order valence-corrected chi connectivity index (χ4v) is 2.85. The van der Waals surface area contributed by atoms with E-state index in [1.54, 1.807) is 24.3 Å². The average Bonchev–Trinajstić information content (AvgIpc) is 3.37. The first-order chi connectivity index (χ1) is 10.6. The standard InChI is InChI=1S/C17H21FN2O2/c18-17(16(22)19-11-13-7-8-13)9-4-10-20(12-17)15(21)14-5-2-1-3-6-14/h1-3,5-6,13H,4,7-12H2,(H,19,22). The molecule has 3 rings (SSSR count). The normalized spacial score (nSPS) is 24.9. The summed E-state index contributed by atoms with van der Waals surface area (Å²) in [5.41, 5.74) is -1.43. The van der Waals surface area contributed by atoms with E-state index >= 15 is 0 Å². The van der Waals surface area contributed by atoms with Gasteiger partial charge in [-0.25, -0.2) is 4.39 Å². The molecule has 2 amide bonds. The maximum Gasteiger partial charge on any atom is 0.259 e. The quantitative estimate of drug-likeness (QED) is 0.926. The summed E-state index contributed by atoms with van der Waals surface area (Å²) in [4.78, 5) is 26.0. The van der Waals surface area contributed by atoms with Gasteiger partial charge < -0.3 is 10.2 Å². The van der Waals surface area contributed by atoms with Crippen LogP contribution in [0.1, 0.15) is 36.0 Å². The van der Waals surface area contributed by atoms with E-state index in [0.29, 0.717) is 31.0 Å². The first kappa shape index (κ1) is 15.0. The zero-order valence-corrected chi connectivity index (χ0v) is 12.6. The first-order valence-corrected chi connectivity index (χ1v) is 7.90. The van der Waals surface area contributed by atoms with Gasteiger partial charge in [-0.1, -0.05) is 18.2 Å². The Bertz CT molecular complexity index is 559. The molecule has 0 aromatic heterocycles. The van der Waals surface area contributed by atoms with Crippen molar-refractivity contribution in [2.24, 2.45) is 5.92 Å². The van der Waals surface area contributed by atoms with Crippen molar-refractivity contribution >= 4 is 11.8 Å². The Hall–Kier alpha value is -1.91. The molecular formula is C17H21FN2O2. The minimum absolute atomic E-state index is 0.156. The highest BCUT2D eigenvalue weighted by Gasteiger charge is 2.44. The minimum Gasteiger partial charge on any atom is -0.353 e. The molecule has 5 heteroatoms. The fraction of sp³-hybridized carbons (Fsp3) is 0.529. The largest absolute Gasteiger partial charge is 0.353 e. The Morgan fingerprint density at radius 1 is 1.27 bits per heavy atom. The van der Waals surface area contributed by atoms with E-state index in [0.717, 1.165) is 12.8 Å². The molecule has 1 unspecified atom stereocenters. The van der Waals surface area contributed by atoms with Crippen LogP contribution in [0.25, 0.3) is 0 Å². The van der Waals surface area contributed by atoms with Gasteiger partial charge in [0.15, 0.2) is 0 Å². The number of rotatable bonds is 4. The molecule has 0 bridgehead atoms. The lowest BCUT2D eigenvalue weighted by molar-refractivity contribution is -0.135. The molecule has 1 N–H and O–H groups in total. The van der Waals surface area contributed by atoms with Gasteiger partial charge in [0.2, 0.25) is 5.67 Å². The number of piperidine rings is 1. The molecule has 4 nitrogen and oxygen atoms in total. The summed E-state index contributed by atoms with van der Waals surface area (Å²) in [7, 11) is 0. The van der Waals surface area contributed by atoms with Crippen LogP contribution < -0.4 is 5.32 Å². The predicted octanol–water partition coefficient (Wildman–Crippen LogP) is 2.16. The van der Waals surface area contributed by atoms with Crippen molar-refractivity contribution in [1.82, 2.24) is 10.2 Å². The summed E-state index contributed by atoms with van der Waals surface area (Å²) in [5.74, 6) is -0.263. The van der Waals surface area contributed by atoms with Crippen LogP contribution in [-0.2, 0) is 4.79 Å². The lowest BCUT2D eigenvalue weighted by Crippen LogP contribution is -2.55. The van der Waals surface area contributed by atoms with Crippen LogP contribution in [-0.4, -0.2) is 42.0 Å². The maximum absolute atomic E-state index is 15.0. The van der Waals surface area contributed by atoms with Gasteiger partial charge >= 0.3 is 0 Å². The van der Waals surface area contributed by atoms with Crippen LogP contribution in [0.3, 0.4) is 0 Å². The third-order valence-electron chi connectivity index (χ3n) is 4.41. The van der Waals surface area contributed by atoms with Gasteiger partial charge in [0.1, 0.15) is 0 Å². The van der Waals surface area contributed by atoms with Crippen molar-refractivity contribution < 1.29 is 14.0 Å². The van der Waals surface area contributed by atoms with Gasteiger partial charge in [-0.2, -0.15) is 0 Å². The summed E-state index contributed by atoms with van der Waals surface area (Å²) >= 11 is 0. The van der Waals surface area contributed by atoms with Gasteiger partial charge in [-0.3, -0.25) is 9.59 Å². The number of hydrogen-bond acceptors (Lipinski definition) is 2. The summed E-state index contributed by atoms with van der Waals surface area (Å²) < 4.78 is 15.0. The van der Waals surface area contributed by atoms with Crippen LogP contribution in [0, 0.1) is 5.92 Å². The Labute approximate surface area is 129 Å². The predicted molar refractivity (Wildman–Crippen MR) is 81.2 cm³/mol. The first-order valence-electron chi connectivity index (χ1n) is 7.90. The van der Waals surface area contributed by atoms with Crippen molar-refractivity contribution in [3.8, 4) is 0 Å². The number of carbonyl (C=O) groups is 2. The molecule has 1 saturated carbocycles. The van der Waals surface area contributed by atoms with Crippen molar-refractivity contribution in [2.75, 3.05) is 19.6 Å². The number of alkyl halides is 1. The van der Waals surface area contributed by atoms with E-state index in [4.69, 9.17) is 0 Å². The van der Waals surface area contributed by atoms with Gasteiger partial charge in [-0.15, -0.1) is 0 Å². The van der Waals surface area contributed by atoms with E-state index < -0.39 is 11.6 Å². The molecule has 0 radical (unpaired) electrons. The fourth-order valence-electron chi connectivity index (χ4n) is 2.85. The number of hydrogen-bond donors (Lipinski definition) is 1. The molecule has 22 heavy (non-hydrogen) atoms. The highest BCUT2D eigenvalue weighted by atomic mass is 19.1. The van der Waals surface area contributed by atoms with Gasteiger partial charge in [0.25, 0.3) is 11.8 Å². The Balaban J connectivity index is 1.64. The molecule has 1 aliphatic carbocycles. The molecule has 1 aromatic carbocycles. The SMILES string of the molecule is O=C(c1ccccc1)N1CCCC(F)(C(=O)NCC2CC2)C1. The number of halogens is 1. The van der Waals surface area contributed by atoms with Gasteiger partial charge in [-0.05, 0) is 43.7 Å². The zero-order valence-electron chi connectivity index (χ0n) is 12.6. The van der Waals surface area contributed by atoms with Gasteiger partial charge in [0, 0.05) is 18.7 Å². The Morgan fingerprint density at radius 3 is 2.68 bits per heavy atom. The van der Waals surface area contributed by atoms with Gasteiger partial charge in [0.05, 0.1) is 6.54 Å². The van der Waals surface area contributed by atoms with E-state index in [2.05, 4.69) is 5.32 Å². The number of likely N-dealkylation sites (tertiary alicyclic amines) is 1. The highest BCUT2D eigenvalue weighted by molar-refractivity contribution is 5.95. The third-order valence-corrected chi connectivity index (χ3v) is 4.41. The summed E-state index contributed by atoms with van der Waals surface area (Å²) in [6.07, 6.45) is 2.91. The second-order valence-electron chi connectivity index (χ2n) is 6.31. The lowest BCUT2D eigenvalue weighted by Gasteiger charge is -2.36. The van der Waals surface area contributed by atoms with E-state index in [1.807, 2.05) is 6.07 Å². The summed E-state index contributed by atoms with van der Waals surface area (Å²) in [6, 6.07) is 8.82. The number of nitrogens with zero attached hydrogens (tertiary/aromatic N) is 1. The monoisotopic (exact) mass is 304 g/mol. The molecule has 0 spiro atoms. The van der Waals surface area contributed by atoms with Crippen molar-refractivity contribution in [2.45, 2.75) is 31.4 Å². The number of amides is 2. The molecule has 2 aliphatic rings. The summed E-state index contributed by atoms with van der Waals surface area (Å²) in [5, 5.41) is 2.70. The van der Waals surface area contributed by atoms with E-state index in [9.17, 15) is 14.0 Å². The van der Waals surface area contributed by atoms with E-state index in [-0.39, 0.29) is 18.9 Å². The molecular weight excluding hydrogens is 283 g/mol. The van der Waals surface area contributed by atoms with E-state index in [1.165, 1.54) is 4.90 Å². The van der Waals surface area contributed by atoms with Crippen LogP contribution >= 0.6 is 0 Å². The molecule has 1 saturated heterocycles. The Kier molecular flexibility index (Phi) is 4.14. The third kappa shape index (κ3) is 3.29. The lowest BCUT2D eigenvalue weighted by atomic mass is 9.93. The molecule has 2 fully saturated rings. The second-order valence-corrected chi connectivity index (χ2v) is 6.31. The number of nitrogens with one attached hydrogen (secondary N) is 1. The minimum atomic E-state index is -1.96. The molecule has 1 aliphatic heterocycles. The number of benzene rings is 1. The van der Waals surface area contributed by atoms with Crippen LogP contribution in [0.4, 0.5) is 4.39 Å².